The number of aromatic carboxylic acids is 1. The van der Waals surface area contributed by atoms with Gasteiger partial charge in [-0.05, 0) is 54.6 Å². The molecule has 2 aromatic carbocycles. The molecule has 1 amide bonds. The average Bonchev–Trinajstić information content (AvgIpc) is 3.11. The van der Waals surface area contributed by atoms with Crippen molar-refractivity contribution in [3.05, 3.63) is 81.8 Å². The first-order valence-corrected chi connectivity index (χ1v) is 8.66. The van der Waals surface area contributed by atoms with Crippen LogP contribution in [0.4, 0.5) is 10.1 Å². The molecule has 0 saturated carbocycles. The van der Waals surface area contributed by atoms with Gasteiger partial charge in [-0.2, -0.15) is 0 Å². The predicted molar refractivity (Wildman–Crippen MR) is 105 cm³/mol. The van der Waals surface area contributed by atoms with Crippen molar-refractivity contribution in [1.82, 2.24) is 0 Å². The highest BCUT2D eigenvalue weighted by atomic mass is 35.5. The lowest BCUT2D eigenvalue weighted by molar-refractivity contribution is -0.111. The van der Waals surface area contributed by atoms with Crippen LogP contribution in [-0.4, -0.2) is 17.0 Å². The predicted octanol–water partition coefficient (Wildman–Crippen LogP) is 5.74. The molecule has 0 unspecified atom stereocenters. The van der Waals surface area contributed by atoms with E-state index in [0.29, 0.717) is 17.1 Å². The van der Waals surface area contributed by atoms with Gasteiger partial charge in [0.25, 0.3) is 0 Å². The molecule has 3 rings (SSSR count). The van der Waals surface area contributed by atoms with Crippen molar-refractivity contribution in [2.45, 2.75) is 0 Å². The Morgan fingerprint density at radius 2 is 1.75 bits per heavy atom. The van der Waals surface area contributed by atoms with Gasteiger partial charge in [0.05, 0.1) is 21.3 Å². The molecule has 2 N–H and O–H groups in total. The Morgan fingerprint density at radius 1 is 1.04 bits per heavy atom. The standard InChI is InChI=1S/C20H12Cl2FNO4/c21-15-10-16(22)17(9-14(15)20(26)27)24-19(25)8-6-13-5-7-18(28-13)11-1-3-12(23)4-2-11/h1-10H,(H,24,25)(H,26,27)/b8-6+. The number of amides is 1. The number of benzene rings is 2. The summed E-state index contributed by atoms with van der Waals surface area (Å²) in [5.41, 5.74) is 0.629. The molecule has 0 saturated heterocycles. The number of halogens is 3. The fraction of sp³-hybridized carbons (Fsp3) is 0. The quantitative estimate of drug-likeness (QED) is 0.516. The zero-order valence-electron chi connectivity index (χ0n) is 14.1. The van der Waals surface area contributed by atoms with Gasteiger partial charge in [-0.25, -0.2) is 9.18 Å². The van der Waals surface area contributed by atoms with Crippen LogP contribution in [0.25, 0.3) is 17.4 Å². The lowest BCUT2D eigenvalue weighted by Gasteiger charge is -2.07. The van der Waals surface area contributed by atoms with Crippen molar-refractivity contribution in [3.63, 3.8) is 0 Å². The van der Waals surface area contributed by atoms with Crippen molar-refractivity contribution in [2.75, 3.05) is 5.32 Å². The summed E-state index contributed by atoms with van der Waals surface area (Å²) in [6.45, 7) is 0. The third-order valence-corrected chi connectivity index (χ3v) is 4.32. The summed E-state index contributed by atoms with van der Waals surface area (Å²) >= 11 is 11.8. The Balaban J connectivity index is 1.72. The summed E-state index contributed by atoms with van der Waals surface area (Å²) in [6, 6.07) is 11.6. The first kappa shape index (κ1) is 19.7. The summed E-state index contributed by atoms with van der Waals surface area (Å²) in [7, 11) is 0. The number of hydrogen-bond acceptors (Lipinski definition) is 3. The molecule has 0 radical (unpaired) electrons. The molecule has 0 aliphatic rings. The van der Waals surface area contributed by atoms with Gasteiger partial charge < -0.3 is 14.8 Å². The van der Waals surface area contributed by atoms with Crippen molar-refractivity contribution >= 4 is 46.8 Å². The second-order valence-electron chi connectivity index (χ2n) is 5.65. The van der Waals surface area contributed by atoms with Gasteiger partial charge in [-0.1, -0.05) is 23.2 Å². The smallest absolute Gasteiger partial charge is 0.337 e. The van der Waals surface area contributed by atoms with Gasteiger partial charge in [-0.3, -0.25) is 4.79 Å². The van der Waals surface area contributed by atoms with E-state index in [-0.39, 0.29) is 27.1 Å². The second kappa shape index (κ2) is 8.29. The third-order valence-electron chi connectivity index (χ3n) is 3.70. The minimum Gasteiger partial charge on any atom is -0.478 e. The monoisotopic (exact) mass is 419 g/mol. The van der Waals surface area contributed by atoms with E-state index in [0.717, 1.165) is 0 Å². The van der Waals surface area contributed by atoms with Crippen LogP contribution in [0.1, 0.15) is 16.1 Å². The highest BCUT2D eigenvalue weighted by molar-refractivity contribution is 6.38. The van der Waals surface area contributed by atoms with Gasteiger partial charge in [0.1, 0.15) is 17.3 Å². The van der Waals surface area contributed by atoms with E-state index in [9.17, 15) is 14.0 Å². The van der Waals surface area contributed by atoms with E-state index in [1.54, 1.807) is 24.3 Å². The molecule has 8 heteroatoms. The van der Waals surface area contributed by atoms with Gasteiger partial charge in [0.15, 0.2) is 0 Å². The summed E-state index contributed by atoms with van der Waals surface area (Å²) in [5, 5.41) is 11.6. The van der Waals surface area contributed by atoms with E-state index in [1.807, 2.05) is 0 Å². The van der Waals surface area contributed by atoms with Crippen LogP contribution in [0.5, 0.6) is 0 Å². The van der Waals surface area contributed by atoms with Gasteiger partial charge >= 0.3 is 5.97 Å². The molecule has 28 heavy (non-hydrogen) atoms. The third kappa shape index (κ3) is 4.60. The van der Waals surface area contributed by atoms with Gasteiger partial charge in [-0.15, -0.1) is 0 Å². The second-order valence-corrected chi connectivity index (χ2v) is 6.46. The Morgan fingerprint density at radius 3 is 2.43 bits per heavy atom. The highest BCUT2D eigenvalue weighted by Crippen LogP contribution is 2.29. The van der Waals surface area contributed by atoms with E-state index >= 15 is 0 Å². The lowest BCUT2D eigenvalue weighted by Crippen LogP contribution is -2.09. The molecule has 1 heterocycles. The van der Waals surface area contributed by atoms with E-state index < -0.39 is 11.9 Å². The van der Waals surface area contributed by atoms with Crippen LogP contribution in [0.3, 0.4) is 0 Å². The topological polar surface area (TPSA) is 79.5 Å². The minimum absolute atomic E-state index is 0.0325. The normalized spacial score (nSPS) is 11.0. The average molecular weight is 420 g/mol. The fourth-order valence-corrected chi connectivity index (χ4v) is 2.86. The van der Waals surface area contributed by atoms with E-state index in [1.165, 1.54) is 36.4 Å². The molecule has 1 aromatic heterocycles. The molecule has 3 aromatic rings. The number of carbonyl (C=O) groups excluding carboxylic acids is 1. The van der Waals surface area contributed by atoms with E-state index in [4.69, 9.17) is 32.7 Å². The molecule has 5 nitrogen and oxygen atoms in total. The number of nitrogens with one attached hydrogen (secondary N) is 1. The summed E-state index contributed by atoms with van der Waals surface area (Å²) in [6.07, 6.45) is 2.64. The molecule has 0 bridgehead atoms. The minimum atomic E-state index is -1.24. The molecule has 0 fully saturated rings. The molecule has 0 spiro atoms. The number of hydrogen-bond donors (Lipinski definition) is 2. The Hall–Kier alpha value is -3.09. The number of carboxylic acid groups (broad SMARTS) is 1. The van der Waals surface area contributed by atoms with Crippen molar-refractivity contribution in [3.8, 4) is 11.3 Å². The van der Waals surface area contributed by atoms with Crippen molar-refractivity contribution < 1.29 is 23.5 Å². The highest BCUT2D eigenvalue weighted by Gasteiger charge is 2.14. The zero-order valence-corrected chi connectivity index (χ0v) is 15.6. The first-order valence-electron chi connectivity index (χ1n) is 7.90. The van der Waals surface area contributed by atoms with Crippen molar-refractivity contribution in [1.29, 1.82) is 0 Å². The number of furan rings is 1. The van der Waals surface area contributed by atoms with Crippen LogP contribution in [-0.2, 0) is 4.79 Å². The Labute approximate surface area is 169 Å². The van der Waals surface area contributed by atoms with Crippen LogP contribution >= 0.6 is 23.2 Å². The SMILES string of the molecule is O=C(/C=C/c1ccc(-c2ccc(F)cc2)o1)Nc1cc(C(=O)O)c(Cl)cc1Cl. The van der Waals surface area contributed by atoms with Gasteiger partial charge in [0.2, 0.25) is 5.91 Å². The van der Waals surface area contributed by atoms with Crippen LogP contribution in [0.2, 0.25) is 10.0 Å². The molecular weight excluding hydrogens is 408 g/mol. The maximum absolute atomic E-state index is 13.0. The number of carbonyl (C=O) groups is 2. The van der Waals surface area contributed by atoms with Crippen molar-refractivity contribution in [2.24, 2.45) is 0 Å². The fourth-order valence-electron chi connectivity index (χ4n) is 2.35. The summed E-state index contributed by atoms with van der Waals surface area (Å²) < 4.78 is 18.6. The Kier molecular flexibility index (Phi) is 5.82. The first-order chi connectivity index (χ1) is 13.3. The maximum Gasteiger partial charge on any atom is 0.337 e. The molecule has 0 aliphatic carbocycles. The van der Waals surface area contributed by atoms with Crippen LogP contribution in [0, 0.1) is 5.82 Å². The number of rotatable bonds is 5. The van der Waals surface area contributed by atoms with Gasteiger partial charge in [0, 0.05) is 11.6 Å². The maximum atomic E-state index is 13.0. The Bertz CT molecular complexity index is 1070. The van der Waals surface area contributed by atoms with E-state index in [2.05, 4.69) is 5.32 Å². The summed E-state index contributed by atoms with van der Waals surface area (Å²) in [4.78, 5) is 23.2. The number of carboxylic acids is 1. The van der Waals surface area contributed by atoms with Crippen LogP contribution < -0.4 is 5.32 Å². The molecular formula is C20H12Cl2FNO4. The van der Waals surface area contributed by atoms with Crippen LogP contribution in [0.15, 0.2) is 59.0 Å². The molecule has 0 atom stereocenters. The largest absolute Gasteiger partial charge is 0.478 e. The summed E-state index contributed by atoms with van der Waals surface area (Å²) in [5.74, 6) is -1.20. The lowest BCUT2D eigenvalue weighted by atomic mass is 10.2. The number of anilines is 1. The zero-order chi connectivity index (χ0) is 20.3. The molecule has 0 aliphatic heterocycles. The molecule has 142 valence electrons.